The normalized spacial score (nSPS) is 11.8. The number of aromatic nitrogens is 1. The zero-order chi connectivity index (χ0) is 20.1. The van der Waals surface area contributed by atoms with E-state index in [1.54, 1.807) is 38.5 Å². The van der Waals surface area contributed by atoms with Crippen LogP contribution in [0.3, 0.4) is 0 Å². The van der Waals surface area contributed by atoms with E-state index < -0.39 is 0 Å². The van der Waals surface area contributed by atoms with Crippen LogP contribution in [0.2, 0.25) is 5.02 Å². The van der Waals surface area contributed by atoms with Crippen LogP contribution < -0.4 is 14.3 Å². The first-order chi connectivity index (χ1) is 13.6. The number of halogens is 1. The van der Waals surface area contributed by atoms with E-state index in [1.807, 2.05) is 23.6 Å². The highest BCUT2D eigenvalue weighted by molar-refractivity contribution is 7.16. The Morgan fingerprint density at radius 2 is 1.93 bits per heavy atom. The van der Waals surface area contributed by atoms with Gasteiger partial charge in [-0.2, -0.15) is 4.99 Å². The van der Waals surface area contributed by atoms with E-state index in [9.17, 15) is 4.79 Å². The van der Waals surface area contributed by atoms with Gasteiger partial charge in [0.15, 0.2) is 16.3 Å². The smallest absolute Gasteiger partial charge is 0.279 e. The molecule has 1 amide bonds. The monoisotopic (exact) mass is 420 g/mol. The van der Waals surface area contributed by atoms with Gasteiger partial charge in [0.25, 0.3) is 5.91 Å². The second kappa shape index (κ2) is 9.23. The van der Waals surface area contributed by atoms with Gasteiger partial charge in [0.2, 0.25) is 0 Å². The average Bonchev–Trinajstić information content (AvgIpc) is 3.03. The number of fused-ring (bicyclic) bond motifs is 1. The van der Waals surface area contributed by atoms with Gasteiger partial charge in [-0.1, -0.05) is 29.0 Å². The SMILES string of the molecule is CCOCCn1c(=NC(=O)c2cccc(Cl)c2)sc2cc(OC)c(OC)cc21. The minimum absolute atomic E-state index is 0.349. The molecule has 0 saturated heterocycles. The lowest BCUT2D eigenvalue weighted by Crippen LogP contribution is -2.19. The van der Waals surface area contributed by atoms with Crippen LogP contribution in [-0.4, -0.2) is 37.9 Å². The second-order valence-corrected chi connectivity index (χ2v) is 7.28. The van der Waals surface area contributed by atoms with Gasteiger partial charge in [0.05, 0.1) is 31.0 Å². The number of carbonyl (C=O) groups excluding carboxylic acids is 1. The van der Waals surface area contributed by atoms with Gasteiger partial charge in [0.1, 0.15) is 0 Å². The van der Waals surface area contributed by atoms with Crippen LogP contribution in [0.1, 0.15) is 17.3 Å². The van der Waals surface area contributed by atoms with Crippen LogP contribution in [-0.2, 0) is 11.3 Å². The minimum atomic E-state index is -0.349. The molecule has 6 nitrogen and oxygen atoms in total. The number of amides is 1. The predicted octanol–water partition coefficient (Wildman–Crippen LogP) is 4.15. The fraction of sp³-hybridized carbons (Fsp3) is 0.300. The molecule has 0 spiro atoms. The van der Waals surface area contributed by atoms with E-state index in [2.05, 4.69) is 4.99 Å². The van der Waals surface area contributed by atoms with E-state index in [1.165, 1.54) is 11.3 Å². The minimum Gasteiger partial charge on any atom is -0.493 e. The molecule has 2 aromatic carbocycles. The molecule has 28 heavy (non-hydrogen) atoms. The number of nitrogens with zero attached hydrogens (tertiary/aromatic N) is 2. The summed E-state index contributed by atoms with van der Waals surface area (Å²) >= 11 is 7.41. The van der Waals surface area contributed by atoms with Crippen molar-refractivity contribution in [3.05, 3.63) is 51.8 Å². The third-order valence-electron chi connectivity index (χ3n) is 4.12. The molecule has 8 heteroatoms. The molecule has 148 valence electrons. The molecular formula is C20H21ClN2O4S. The largest absolute Gasteiger partial charge is 0.493 e. The van der Waals surface area contributed by atoms with Crippen molar-refractivity contribution in [1.29, 1.82) is 0 Å². The molecule has 3 aromatic rings. The lowest BCUT2D eigenvalue weighted by Gasteiger charge is -2.09. The Kier molecular flexibility index (Phi) is 6.72. The van der Waals surface area contributed by atoms with E-state index in [0.29, 0.717) is 46.6 Å². The van der Waals surface area contributed by atoms with Gasteiger partial charge in [-0.25, -0.2) is 0 Å². The van der Waals surface area contributed by atoms with Crippen molar-refractivity contribution in [2.45, 2.75) is 13.5 Å². The third kappa shape index (κ3) is 4.38. The highest BCUT2D eigenvalue weighted by Gasteiger charge is 2.14. The van der Waals surface area contributed by atoms with Gasteiger partial charge in [-0.3, -0.25) is 4.79 Å². The van der Waals surface area contributed by atoms with E-state index in [0.717, 1.165) is 10.2 Å². The summed E-state index contributed by atoms with van der Waals surface area (Å²) in [5.74, 6) is 0.893. The highest BCUT2D eigenvalue weighted by atomic mass is 35.5. The Labute approximate surface area is 171 Å². The van der Waals surface area contributed by atoms with Crippen LogP contribution in [0.4, 0.5) is 0 Å². The fourth-order valence-corrected chi connectivity index (χ4v) is 4.03. The van der Waals surface area contributed by atoms with Crippen molar-refractivity contribution in [2.75, 3.05) is 27.4 Å². The number of methoxy groups -OCH3 is 2. The standard InChI is InChI=1S/C20H21ClN2O4S/c1-4-27-9-8-23-15-11-16(25-2)17(26-3)12-18(15)28-20(23)22-19(24)13-6-5-7-14(21)10-13/h5-7,10-12H,4,8-9H2,1-3H3. The number of ether oxygens (including phenoxy) is 3. The van der Waals surface area contributed by atoms with Gasteiger partial charge >= 0.3 is 0 Å². The van der Waals surface area contributed by atoms with Crippen LogP contribution in [0.25, 0.3) is 10.2 Å². The topological polar surface area (TPSA) is 62.1 Å². The number of hydrogen-bond acceptors (Lipinski definition) is 5. The zero-order valence-electron chi connectivity index (χ0n) is 15.9. The molecule has 0 radical (unpaired) electrons. The summed E-state index contributed by atoms with van der Waals surface area (Å²) in [5, 5.41) is 0.496. The number of carbonyl (C=O) groups is 1. The van der Waals surface area contributed by atoms with Crippen molar-refractivity contribution in [3.63, 3.8) is 0 Å². The fourth-order valence-electron chi connectivity index (χ4n) is 2.77. The maximum Gasteiger partial charge on any atom is 0.279 e. The third-order valence-corrected chi connectivity index (χ3v) is 5.40. The summed E-state index contributed by atoms with van der Waals surface area (Å²) in [6, 6.07) is 10.5. The molecule has 0 aliphatic heterocycles. The quantitative estimate of drug-likeness (QED) is 0.538. The van der Waals surface area contributed by atoms with Crippen molar-refractivity contribution in [2.24, 2.45) is 4.99 Å². The summed E-state index contributed by atoms with van der Waals surface area (Å²) < 4.78 is 19.2. The van der Waals surface area contributed by atoms with Gasteiger partial charge < -0.3 is 18.8 Å². The molecule has 0 fully saturated rings. The van der Waals surface area contributed by atoms with Crippen molar-refractivity contribution in [1.82, 2.24) is 4.57 Å². The molecule has 0 atom stereocenters. The molecule has 1 heterocycles. The summed E-state index contributed by atoms with van der Waals surface area (Å²) in [4.78, 5) is 17.6. The number of benzene rings is 2. The highest BCUT2D eigenvalue weighted by Crippen LogP contribution is 2.33. The summed E-state index contributed by atoms with van der Waals surface area (Å²) in [5.41, 5.74) is 1.34. The molecule has 0 unspecified atom stereocenters. The molecule has 0 aliphatic carbocycles. The number of hydrogen-bond donors (Lipinski definition) is 0. The van der Waals surface area contributed by atoms with E-state index >= 15 is 0 Å². The summed E-state index contributed by atoms with van der Waals surface area (Å²) in [6.45, 7) is 3.63. The molecule has 0 bridgehead atoms. The Bertz CT molecular complexity index is 1060. The average molecular weight is 421 g/mol. The van der Waals surface area contributed by atoms with Crippen LogP contribution in [0.15, 0.2) is 41.4 Å². The molecule has 0 saturated carbocycles. The Balaban J connectivity index is 2.13. The van der Waals surface area contributed by atoms with Crippen molar-refractivity contribution < 1.29 is 19.0 Å². The first-order valence-electron chi connectivity index (χ1n) is 8.75. The Hall–Kier alpha value is -2.35. The van der Waals surface area contributed by atoms with E-state index in [-0.39, 0.29) is 5.91 Å². The molecule has 0 N–H and O–H groups in total. The lowest BCUT2D eigenvalue weighted by molar-refractivity contribution is 0.0996. The van der Waals surface area contributed by atoms with E-state index in [4.69, 9.17) is 25.8 Å². The van der Waals surface area contributed by atoms with Crippen molar-refractivity contribution >= 4 is 39.1 Å². The van der Waals surface area contributed by atoms with Crippen LogP contribution in [0.5, 0.6) is 11.5 Å². The number of thiazole rings is 1. The number of rotatable bonds is 7. The molecule has 3 rings (SSSR count). The van der Waals surface area contributed by atoms with Crippen LogP contribution >= 0.6 is 22.9 Å². The van der Waals surface area contributed by atoms with Gasteiger partial charge in [0, 0.05) is 35.9 Å². The first kappa shape index (κ1) is 20.4. The Morgan fingerprint density at radius 3 is 2.61 bits per heavy atom. The summed E-state index contributed by atoms with van der Waals surface area (Å²) in [6.07, 6.45) is 0. The van der Waals surface area contributed by atoms with Crippen LogP contribution in [0, 0.1) is 0 Å². The lowest BCUT2D eigenvalue weighted by atomic mass is 10.2. The van der Waals surface area contributed by atoms with Gasteiger partial charge in [-0.15, -0.1) is 0 Å². The summed E-state index contributed by atoms with van der Waals surface area (Å²) in [7, 11) is 3.18. The molecular weight excluding hydrogens is 400 g/mol. The maximum atomic E-state index is 12.7. The molecule has 1 aromatic heterocycles. The maximum absolute atomic E-state index is 12.7. The Morgan fingerprint density at radius 1 is 1.18 bits per heavy atom. The van der Waals surface area contributed by atoms with Gasteiger partial charge in [-0.05, 0) is 25.1 Å². The first-order valence-corrected chi connectivity index (χ1v) is 9.94. The van der Waals surface area contributed by atoms with Crippen molar-refractivity contribution in [3.8, 4) is 11.5 Å². The predicted molar refractivity (Wildman–Crippen MR) is 111 cm³/mol. The zero-order valence-corrected chi connectivity index (χ0v) is 17.5. The second-order valence-electron chi connectivity index (χ2n) is 5.84. The molecule has 0 aliphatic rings.